The first-order chi connectivity index (χ1) is 15.5. The van der Waals surface area contributed by atoms with Crippen LogP contribution in [0.3, 0.4) is 0 Å². The third kappa shape index (κ3) is 5.58. The summed E-state index contributed by atoms with van der Waals surface area (Å²) < 4.78 is 19.1. The van der Waals surface area contributed by atoms with Gasteiger partial charge in [-0.25, -0.2) is 4.39 Å². The molecule has 2 fully saturated rings. The highest BCUT2D eigenvalue weighted by atomic mass is 19.1. The summed E-state index contributed by atoms with van der Waals surface area (Å²) in [6.45, 7) is 4.26. The van der Waals surface area contributed by atoms with Crippen molar-refractivity contribution in [2.75, 3.05) is 20.2 Å². The number of ether oxygens (including phenoxy) is 1. The zero-order valence-electron chi connectivity index (χ0n) is 19.4. The van der Waals surface area contributed by atoms with Crippen LogP contribution in [-0.4, -0.2) is 26.0 Å². The third-order valence-corrected chi connectivity index (χ3v) is 7.61. The number of ketones is 1. The van der Waals surface area contributed by atoms with Crippen LogP contribution >= 0.6 is 0 Å². The fourth-order valence-corrected chi connectivity index (χ4v) is 5.62. The van der Waals surface area contributed by atoms with Crippen LogP contribution in [0.4, 0.5) is 4.39 Å². The van der Waals surface area contributed by atoms with E-state index in [0.29, 0.717) is 35.8 Å². The molecular formula is C28H36FNO2. The SMILES string of the molecule is COc1ccc([C@@H](C)CC2CC[C@H](c3ccc(C(=O)CC4CCNCC4)cc3)C2)cc1F. The summed E-state index contributed by atoms with van der Waals surface area (Å²) in [5.41, 5.74) is 3.26. The largest absolute Gasteiger partial charge is 0.494 e. The molecule has 0 bridgehead atoms. The molecule has 3 atom stereocenters. The van der Waals surface area contributed by atoms with E-state index in [1.54, 1.807) is 12.1 Å². The number of piperidine rings is 1. The number of methoxy groups -OCH3 is 1. The molecular weight excluding hydrogens is 401 g/mol. The lowest BCUT2D eigenvalue weighted by molar-refractivity contribution is 0.0952. The molecule has 0 amide bonds. The van der Waals surface area contributed by atoms with Crippen molar-refractivity contribution in [2.45, 2.75) is 63.7 Å². The van der Waals surface area contributed by atoms with Crippen molar-refractivity contribution in [1.82, 2.24) is 5.32 Å². The molecule has 0 radical (unpaired) electrons. The van der Waals surface area contributed by atoms with Gasteiger partial charge in [0.2, 0.25) is 0 Å². The molecule has 1 unspecified atom stereocenters. The molecule has 0 aromatic heterocycles. The first kappa shape index (κ1) is 23.0. The molecule has 3 nitrogen and oxygen atoms in total. The monoisotopic (exact) mass is 437 g/mol. The second kappa shape index (κ2) is 10.6. The molecule has 32 heavy (non-hydrogen) atoms. The summed E-state index contributed by atoms with van der Waals surface area (Å²) in [7, 11) is 1.50. The maximum absolute atomic E-state index is 14.1. The quantitative estimate of drug-likeness (QED) is 0.480. The topological polar surface area (TPSA) is 38.3 Å². The average Bonchev–Trinajstić information content (AvgIpc) is 3.28. The Balaban J connectivity index is 1.30. The highest BCUT2D eigenvalue weighted by molar-refractivity contribution is 5.96. The summed E-state index contributed by atoms with van der Waals surface area (Å²) in [5.74, 6) is 2.38. The van der Waals surface area contributed by atoms with E-state index < -0.39 is 0 Å². The van der Waals surface area contributed by atoms with Crippen LogP contribution in [0.1, 0.15) is 85.2 Å². The van der Waals surface area contributed by atoms with Crippen molar-refractivity contribution in [1.29, 1.82) is 0 Å². The summed E-state index contributed by atoms with van der Waals surface area (Å²) in [6, 6.07) is 13.8. The zero-order valence-corrected chi connectivity index (χ0v) is 19.4. The Bertz CT molecular complexity index is 904. The first-order valence-corrected chi connectivity index (χ1v) is 12.2. The fraction of sp³-hybridized carbons (Fsp3) is 0.536. The zero-order chi connectivity index (χ0) is 22.5. The van der Waals surface area contributed by atoms with Gasteiger partial charge in [0.25, 0.3) is 0 Å². The lowest BCUT2D eigenvalue weighted by atomic mass is 9.87. The molecule has 4 rings (SSSR count). The summed E-state index contributed by atoms with van der Waals surface area (Å²) >= 11 is 0. The van der Waals surface area contributed by atoms with Crippen LogP contribution in [-0.2, 0) is 0 Å². The molecule has 4 heteroatoms. The Kier molecular flexibility index (Phi) is 7.62. The molecule has 172 valence electrons. The van der Waals surface area contributed by atoms with Gasteiger partial charge in [0.05, 0.1) is 7.11 Å². The number of Topliss-reactive ketones (excluding diaryl/α,β-unsaturated/α-hetero) is 1. The Hall–Kier alpha value is -2.20. The number of halogens is 1. The molecule has 1 saturated heterocycles. The predicted molar refractivity (Wildman–Crippen MR) is 127 cm³/mol. The Morgan fingerprint density at radius 1 is 1.06 bits per heavy atom. The van der Waals surface area contributed by atoms with Gasteiger partial charge in [-0.05, 0) is 98.5 Å². The normalized spacial score (nSPS) is 22.6. The second-order valence-corrected chi connectivity index (χ2v) is 9.85. The van der Waals surface area contributed by atoms with Crippen molar-refractivity contribution in [3.05, 3.63) is 65.0 Å². The van der Waals surface area contributed by atoms with Gasteiger partial charge in [0, 0.05) is 12.0 Å². The molecule has 1 heterocycles. The van der Waals surface area contributed by atoms with Crippen LogP contribution in [0.2, 0.25) is 0 Å². The van der Waals surface area contributed by atoms with Crippen LogP contribution in [0, 0.1) is 17.7 Å². The number of nitrogens with one attached hydrogen (secondary N) is 1. The van der Waals surface area contributed by atoms with Crippen LogP contribution in [0.5, 0.6) is 5.75 Å². The van der Waals surface area contributed by atoms with E-state index in [1.807, 2.05) is 18.2 Å². The van der Waals surface area contributed by atoms with Crippen LogP contribution in [0.15, 0.2) is 42.5 Å². The molecule has 0 spiro atoms. The molecule has 1 saturated carbocycles. The van der Waals surface area contributed by atoms with E-state index in [-0.39, 0.29) is 11.6 Å². The highest BCUT2D eigenvalue weighted by Crippen LogP contribution is 2.42. The first-order valence-electron chi connectivity index (χ1n) is 12.2. The van der Waals surface area contributed by atoms with E-state index in [9.17, 15) is 9.18 Å². The lowest BCUT2D eigenvalue weighted by Gasteiger charge is -2.21. The van der Waals surface area contributed by atoms with E-state index in [0.717, 1.165) is 43.5 Å². The standard InChI is InChI=1S/C28H36FNO2/c1-19(24-9-10-28(32-2)26(29)18-24)15-21-3-4-25(16-21)22-5-7-23(8-6-22)27(31)17-20-11-13-30-14-12-20/h5-10,18-21,25,30H,3-4,11-17H2,1-2H3/t19-,21?,25-/m0/s1. The fourth-order valence-electron chi connectivity index (χ4n) is 5.62. The number of benzene rings is 2. The van der Waals surface area contributed by atoms with Gasteiger partial charge >= 0.3 is 0 Å². The van der Waals surface area contributed by atoms with Crippen molar-refractivity contribution in [3.63, 3.8) is 0 Å². The van der Waals surface area contributed by atoms with Gasteiger partial charge in [0.1, 0.15) is 0 Å². The molecule has 2 aromatic rings. The van der Waals surface area contributed by atoms with E-state index in [2.05, 4.69) is 24.4 Å². The van der Waals surface area contributed by atoms with Crippen molar-refractivity contribution in [2.24, 2.45) is 11.8 Å². The van der Waals surface area contributed by atoms with Gasteiger partial charge < -0.3 is 10.1 Å². The van der Waals surface area contributed by atoms with E-state index in [1.165, 1.54) is 31.9 Å². The number of hydrogen-bond acceptors (Lipinski definition) is 3. The van der Waals surface area contributed by atoms with Gasteiger partial charge in [0.15, 0.2) is 17.3 Å². The van der Waals surface area contributed by atoms with Gasteiger partial charge in [-0.3, -0.25) is 4.79 Å². The number of rotatable bonds is 8. The lowest BCUT2D eigenvalue weighted by Crippen LogP contribution is -2.28. The summed E-state index contributed by atoms with van der Waals surface area (Å²) in [6.07, 6.45) is 7.54. The Labute approximate surface area is 191 Å². The minimum Gasteiger partial charge on any atom is -0.494 e. The molecule has 1 N–H and O–H groups in total. The van der Waals surface area contributed by atoms with E-state index in [4.69, 9.17) is 4.74 Å². The Morgan fingerprint density at radius 3 is 2.50 bits per heavy atom. The number of carbonyl (C=O) groups is 1. The predicted octanol–water partition coefficient (Wildman–Crippen LogP) is 6.48. The Morgan fingerprint density at radius 2 is 1.81 bits per heavy atom. The summed E-state index contributed by atoms with van der Waals surface area (Å²) in [4.78, 5) is 12.7. The maximum Gasteiger partial charge on any atom is 0.165 e. The molecule has 1 aliphatic carbocycles. The number of carbonyl (C=O) groups excluding carboxylic acids is 1. The minimum atomic E-state index is -0.282. The molecule has 1 aliphatic heterocycles. The smallest absolute Gasteiger partial charge is 0.165 e. The van der Waals surface area contributed by atoms with Gasteiger partial charge in [-0.15, -0.1) is 0 Å². The van der Waals surface area contributed by atoms with Gasteiger partial charge in [-0.1, -0.05) is 37.3 Å². The van der Waals surface area contributed by atoms with Crippen molar-refractivity contribution >= 4 is 5.78 Å². The average molecular weight is 438 g/mol. The molecule has 2 aliphatic rings. The van der Waals surface area contributed by atoms with Crippen molar-refractivity contribution < 1.29 is 13.9 Å². The van der Waals surface area contributed by atoms with Gasteiger partial charge in [-0.2, -0.15) is 0 Å². The highest BCUT2D eigenvalue weighted by Gasteiger charge is 2.28. The minimum absolute atomic E-state index is 0.282. The van der Waals surface area contributed by atoms with Crippen LogP contribution < -0.4 is 10.1 Å². The maximum atomic E-state index is 14.1. The summed E-state index contributed by atoms with van der Waals surface area (Å²) in [5, 5.41) is 3.36. The van der Waals surface area contributed by atoms with E-state index >= 15 is 0 Å². The second-order valence-electron chi connectivity index (χ2n) is 9.85. The van der Waals surface area contributed by atoms with Crippen LogP contribution in [0.25, 0.3) is 0 Å². The van der Waals surface area contributed by atoms with Crippen molar-refractivity contribution in [3.8, 4) is 5.75 Å². The molecule has 2 aromatic carbocycles. The third-order valence-electron chi connectivity index (χ3n) is 7.61. The number of hydrogen-bond donors (Lipinski definition) is 1.